The van der Waals surface area contributed by atoms with Crippen LogP contribution in [-0.4, -0.2) is 59.4 Å². The third kappa shape index (κ3) is 5.69. The molecule has 1 saturated heterocycles. The fourth-order valence-corrected chi connectivity index (χ4v) is 2.78. The highest BCUT2D eigenvalue weighted by Gasteiger charge is 2.34. The van der Waals surface area contributed by atoms with Gasteiger partial charge in [-0.2, -0.15) is 0 Å². The van der Waals surface area contributed by atoms with Gasteiger partial charge in [-0.1, -0.05) is 13.8 Å². The van der Waals surface area contributed by atoms with Crippen LogP contribution in [0.2, 0.25) is 0 Å². The minimum atomic E-state index is -0.944. The van der Waals surface area contributed by atoms with E-state index in [0.29, 0.717) is 30.7 Å². The maximum atomic E-state index is 11.8. The normalized spacial score (nSPS) is 18.9. The minimum absolute atomic E-state index is 0.304. The molecule has 2 N–H and O–H groups in total. The third-order valence-corrected chi connectivity index (χ3v) is 3.63. The smallest absolute Gasteiger partial charge is 0.327 e. The fraction of sp³-hybridized carbons (Fsp3) is 0.833. The number of rotatable bonds is 7. The Morgan fingerprint density at radius 1 is 1.53 bits per heavy atom. The first-order valence-corrected chi connectivity index (χ1v) is 7.60. The van der Waals surface area contributed by atoms with E-state index in [2.05, 4.69) is 19.2 Å². The molecule has 0 saturated carbocycles. The van der Waals surface area contributed by atoms with Crippen LogP contribution in [-0.2, 0) is 9.53 Å². The molecule has 0 aromatic heterocycles. The van der Waals surface area contributed by atoms with Crippen LogP contribution in [0.4, 0.5) is 4.79 Å². The average Bonchev–Trinajstić information content (AvgIpc) is 2.82. The number of carboxylic acids is 1. The predicted octanol–water partition coefficient (Wildman–Crippen LogP) is 1.22. The van der Waals surface area contributed by atoms with Crippen molar-refractivity contribution in [1.82, 2.24) is 10.2 Å². The second-order valence-corrected chi connectivity index (χ2v) is 5.88. The van der Waals surface area contributed by atoms with Gasteiger partial charge in [-0.05, 0) is 12.3 Å². The molecule has 19 heavy (non-hydrogen) atoms. The van der Waals surface area contributed by atoms with Crippen LogP contribution in [0.15, 0.2) is 0 Å². The lowest BCUT2D eigenvalue weighted by molar-refractivity contribution is -0.140. The molecule has 1 aliphatic heterocycles. The summed E-state index contributed by atoms with van der Waals surface area (Å²) in [6.07, 6.45) is 0.733. The number of hydrogen-bond donors (Lipinski definition) is 2. The predicted molar refractivity (Wildman–Crippen MR) is 74.3 cm³/mol. The number of carbonyl (C=O) groups excluding carboxylic acids is 1. The Bertz CT molecular complexity index is 312. The molecule has 1 atom stereocenters. The van der Waals surface area contributed by atoms with Gasteiger partial charge in [-0.25, -0.2) is 9.59 Å². The lowest BCUT2D eigenvalue weighted by Crippen LogP contribution is -2.47. The van der Waals surface area contributed by atoms with Gasteiger partial charge in [-0.15, -0.1) is 11.8 Å². The summed E-state index contributed by atoms with van der Waals surface area (Å²) in [5.41, 5.74) is 0. The first-order valence-electron chi connectivity index (χ1n) is 6.45. The standard InChI is InChI=1S/C12H22N2O4S/c1-9(2)6-18-5-3-4-13-12(17)14-8-19-7-10(14)11(15)16/h9-10H,3-8H2,1-2H3,(H,13,17)(H,15,16)/t10-/m0/s1. The summed E-state index contributed by atoms with van der Waals surface area (Å²) < 4.78 is 5.40. The monoisotopic (exact) mass is 290 g/mol. The summed E-state index contributed by atoms with van der Waals surface area (Å²) in [5, 5.41) is 11.7. The quantitative estimate of drug-likeness (QED) is 0.689. The van der Waals surface area contributed by atoms with Gasteiger partial charge < -0.3 is 20.1 Å². The molecule has 0 unspecified atom stereocenters. The zero-order chi connectivity index (χ0) is 14.3. The molecule has 0 radical (unpaired) electrons. The molecule has 1 heterocycles. The molecule has 6 nitrogen and oxygen atoms in total. The number of nitrogens with zero attached hydrogens (tertiary/aromatic N) is 1. The highest BCUT2D eigenvalue weighted by molar-refractivity contribution is 7.99. The fourth-order valence-electron chi connectivity index (χ4n) is 1.64. The molecule has 1 rings (SSSR count). The molecule has 0 aliphatic carbocycles. The zero-order valence-corrected chi connectivity index (χ0v) is 12.2. The van der Waals surface area contributed by atoms with E-state index in [0.717, 1.165) is 13.0 Å². The molecule has 0 aromatic carbocycles. The lowest BCUT2D eigenvalue weighted by atomic mass is 10.2. The van der Waals surface area contributed by atoms with Crippen molar-refractivity contribution in [1.29, 1.82) is 0 Å². The Hall–Kier alpha value is -0.950. The summed E-state index contributed by atoms with van der Waals surface area (Å²) in [6, 6.07) is -1.01. The average molecular weight is 290 g/mol. The SMILES string of the molecule is CC(C)COCCCNC(=O)N1CSC[C@H]1C(=O)O. The van der Waals surface area contributed by atoms with E-state index in [-0.39, 0.29) is 6.03 Å². The van der Waals surface area contributed by atoms with Gasteiger partial charge in [0.25, 0.3) is 0 Å². The Morgan fingerprint density at radius 3 is 2.89 bits per heavy atom. The van der Waals surface area contributed by atoms with Crippen molar-refractivity contribution in [2.45, 2.75) is 26.3 Å². The number of thioether (sulfide) groups is 1. The summed E-state index contributed by atoms with van der Waals surface area (Å²) >= 11 is 1.46. The topological polar surface area (TPSA) is 78.9 Å². The second-order valence-electron chi connectivity index (χ2n) is 4.88. The lowest BCUT2D eigenvalue weighted by Gasteiger charge is -2.20. The van der Waals surface area contributed by atoms with E-state index in [9.17, 15) is 9.59 Å². The minimum Gasteiger partial charge on any atom is -0.480 e. The zero-order valence-electron chi connectivity index (χ0n) is 11.4. The molecule has 7 heteroatoms. The van der Waals surface area contributed by atoms with E-state index in [1.807, 2.05) is 0 Å². The van der Waals surface area contributed by atoms with E-state index in [1.165, 1.54) is 16.7 Å². The van der Waals surface area contributed by atoms with Crippen LogP contribution in [0.3, 0.4) is 0 Å². The van der Waals surface area contributed by atoms with Gasteiger partial charge in [0.1, 0.15) is 6.04 Å². The Kier molecular flexibility index (Phi) is 7.01. The first-order chi connectivity index (χ1) is 9.02. The Balaban J connectivity index is 2.15. The molecule has 110 valence electrons. The van der Waals surface area contributed by atoms with Gasteiger partial charge in [0.15, 0.2) is 0 Å². The molecule has 0 aromatic rings. The van der Waals surface area contributed by atoms with Crippen LogP contribution in [0.25, 0.3) is 0 Å². The first kappa shape index (κ1) is 16.1. The van der Waals surface area contributed by atoms with Crippen molar-refractivity contribution in [3.8, 4) is 0 Å². The molecule has 1 fully saturated rings. The molecular formula is C12H22N2O4S. The van der Waals surface area contributed by atoms with E-state index in [1.54, 1.807) is 0 Å². The van der Waals surface area contributed by atoms with Crippen LogP contribution >= 0.6 is 11.8 Å². The number of urea groups is 1. The van der Waals surface area contributed by atoms with E-state index < -0.39 is 12.0 Å². The largest absolute Gasteiger partial charge is 0.480 e. The second kappa shape index (κ2) is 8.27. The van der Waals surface area contributed by atoms with Crippen molar-refractivity contribution in [2.24, 2.45) is 5.92 Å². The van der Waals surface area contributed by atoms with Crippen LogP contribution < -0.4 is 5.32 Å². The van der Waals surface area contributed by atoms with Gasteiger partial charge in [0, 0.05) is 25.5 Å². The number of ether oxygens (including phenoxy) is 1. The summed E-state index contributed by atoms with van der Waals surface area (Å²) in [4.78, 5) is 24.1. The number of hydrogen-bond acceptors (Lipinski definition) is 4. The highest BCUT2D eigenvalue weighted by atomic mass is 32.2. The maximum Gasteiger partial charge on any atom is 0.327 e. The van der Waals surface area contributed by atoms with Crippen molar-refractivity contribution >= 4 is 23.8 Å². The maximum absolute atomic E-state index is 11.8. The van der Waals surface area contributed by atoms with E-state index >= 15 is 0 Å². The molecular weight excluding hydrogens is 268 g/mol. The Labute approximate surface area is 117 Å². The summed E-state index contributed by atoms with van der Waals surface area (Å²) in [7, 11) is 0. The van der Waals surface area contributed by atoms with Crippen molar-refractivity contribution in [2.75, 3.05) is 31.4 Å². The number of carbonyl (C=O) groups is 2. The summed E-state index contributed by atoms with van der Waals surface area (Å²) in [6.45, 7) is 6.00. The van der Waals surface area contributed by atoms with Crippen LogP contribution in [0.5, 0.6) is 0 Å². The molecule has 2 amide bonds. The van der Waals surface area contributed by atoms with Crippen molar-refractivity contribution < 1.29 is 19.4 Å². The number of nitrogens with one attached hydrogen (secondary N) is 1. The van der Waals surface area contributed by atoms with Gasteiger partial charge in [0.2, 0.25) is 0 Å². The van der Waals surface area contributed by atoms with E-state index in [4.69, 9.17) is 9.84 Å². The molecule has 0 bridgehead atoms. The highest BCUT2D eigenvalue weighted by Crippen LogP contribution is 2.20. The van der Waals surface area contributed by atoms with Crippen molar-refractivity contribution in [3.05, 3.63) is 0 Å². The number of amides is 2. The van der Waals surface area contributed by atoms with Crippen LogP contribution in [0.1, 0.15) is 20.3 Å². The number of carboxylic acid groups (broad SMARTS) is 1. The molecule has 0 spiro atoms. The van der Waals surface area contributed by atoms with Crippen molar-refractivity contribution in [3.63, 3.8) is 0 Å². The number of aliphatic carboxylic acids is 1. The van der Waals surface area contributed by atoms with Gasteiger partial charge >= 0.3 is 12.0 Å². The third-order valence-electron chi connectivity index (χ3n) is 2.62. The van der Waals surface area contributed by atoms with Gasteiger partial charge in [0.05, 0.1) is 5.88 Å². The summed E-state index contributed by atoms with van der Waals surface area (Å²) in [5.74, 6) is 0.459. The Morgan fingerprint density at radius 2 is 2.26 bits per heavy atom. The van der Waals surface area contributed by atoms with Crippen LogP contribution in [0, 0.1) is 5.92 Å². The molecule has 1 aliphatic rings. The van der Waals surface area contributed by atoms with Gasteiger partial charge in [-0.3, -0.25) is 0 Å².